The van der Waals surface area contributed by atoms with Crippen molar-refractivity contribution in [3.05, 3.63) is 120 Å². The summed E-state index contributed by atoms with van der Waals surface area (Å²) in [5.41, 5.74) is 5.62. The summed E-state index contributed by atoms with van der Waals surface area (Å²) in [4.78, 5) is 21.4. The van der Waals surface area contributed by atoms with E-state index in [1.54, 1.807) is 0 Å². The Morgan fingerprint density at radius 3 is 2.37 bits per heavy atom. The van der Waals surface area contributed by atoms with Crippen molar-refractivity contribution in [3.63, 3.8) is 0 Å². The van der Waals surface area contributed by atoms with Crippen molar-refractivity contribution < 1.29 is 4.79 Å². The summed E-state index contributed by atoms with van der Waals surface area (Å²) in [5, 5.41) is 3.32. The van der Waals surface area contributed by atoms with Crippen LogP contribution in [0.2, 0.25) is 0 Å². The number of ketones is 1. The number of carbonyl (C=O) groups is 1. The highest BCUT2D eigenvalue weighted by atomic mass is 16.1. The Balaban J connectivity index is 1.49. The number of fused-ring (bicyclic) bond motifs is 1. The van der Waals surface area contributed by atoms with Gasteiger partial charge in [0.1, 0.15) is 5.82 Å². The normalized spacial score (nSPS) is 17.5. The number of para-hydroxylation sites is 2. The number of nitrogens with one attached hydrogen (secondary N) is 2. The molecule has 30 heavy (non-hydrogen) atoms. The van der Waals surface area contributed by atoms with E-state index < -0.39 is 5.92 Å². The van der Waals surface area contributed by atoms with Gasteiger partial charge in [-0.2, -0.15) is 0 Å². The van der Waals surface area contributed by atoms with Gasteiger partial charge in [0.25, 0.3) is 0 Å². The number of benzene rings is 3. The lowest BCUT2D eigenvalue weighted by Crippen LogP contribution is -2.13. The zero-order valence-electron chi connectivity index (χ0n) is 16.4. The monoisotopic (exact) mass is 391 g/mol. The van der Waals surface area contributed by atoms with Gasteiger partial charge in [-0.05, 0) is 28.8 Å². The molecule has 1 heterocycles. The fourth-order valence-corrected chi connectivity index (χ4v) is 3.84. The van der Waals surface area contributed by atoms with Gasteiger partial charge in [0.15, 0.2) is 5.78 Å². The molecular weight excluding hydrogens is 370 g/mol. The summed E-state index contributed by atoms with van der Waals surface area (Å²) >= 11 is 0. The molecule has 0 bridgehead atoms. The quantitative estimate of drug-likeness (QED) is 0.472. The van der Waals surface area contributed by atoms with Crippen molar-refractivity contribution in [1.29, 1.82) is 0 Å². The van der Waals surface area contributed by atoms with Crippen molar-refractivity contribution in [2.45, 2.75) is 12.5 Å². The standard InChI is InChI=1S/C26H21N3O/c30-25-21(26-28-23-13-7-8-14-24(23)29-26)15-20(19-11-5-2-6-12-19)22(25)17-27-16-18-9-3-1-4-10-18/h1-15,17,21,27H,16H2,(H,28,29)/b22-17+. The van der Waals surface area contributed by atoms with E-state index in [1.165, 1.54) is 5.56 Å². The molecule has 1 atom stereocenters. The van der Waals surface area contributed by atoms with Gasteiger partial charge in [-0.25, -0.2) is 4.98 Å². The minimum Gasteiger partial charge on any atom is -0.386 e. The molecule has 1 aliphatic carbocycles. The molecule has 2 N–H and O–H groups in total. The van der Waals surface area contributed by atoms with Crippen LogP contribution in [0.25, 0.3) is 16.6 Å². The number of hydrogen-bond acceptors (Lipinski definition) is 3. The van der Waals surface area contributed by atoms with Crippen LogP contribution < -0.4 is 5.32 Å². The molecule has 0 aliphatic heterocycles. The second kappa shape index (κ2) is 7.84. The molecule has 1 unspecified atom stereocenters. The molecular formula is C26H21N3O. The second-order valence-corrected chi connectivity index (χ2v) is 7.35. The van der Waals surface area contributed by atoms with Gasteiger partial charge in [-0.1, -0.05) is 78.9 Å². The van der Waals surface area contributed by atoms with E-state index >= 15 is 0 Å². The Kier molecular flexibility index (Phi) is 4.74. The predicted molar refractivity (Wildman–Crippen MR) is 120 cm³/mol. The lowest BCUT2D eigenvalue weighted by Gasteiger charge is -2.08. The molecule has 1 aromatic heterocycles. The number of rotatable bonds is 5. The van der Waals surface area contributed by atoms with E-state index in [4.69, 9.17) is 0 Å². The first-order valence-corrected chi connectivity index (χ1v) is 10.0. The van der Waals surface area contributed by atoms with E-state index in [0.717, 1.165) is 22.2 Å². The highest BCUT2D eigenvalue weighted by molar-refractivity contribution is 6.18. The summed E-state index contributed by atoms with van der Waals surface area (Å²) in [6.45, 7) is 0.662. The Labute approximate surface area is 175 Å². The fraction of sp³-hybridized carbons (Fsp3) is 0.0769. The maximum absolute atomic E-state index is 13.4. The number of aromatic amines is 1. The maximum Gasteiger partial charge on any atom is 0.179 e. The van der Waals surface area contributed by atoms with Crippen LogP contribution >= 0.6 is 0 Å². The molecule has 0 fully saturated rings. The van der Waals surface area contributed by atoms with E-state index in [1.807, 2.05) is 85.1 Å². The molecule has 3 aromatic carbocycles. The summed E-state index contributed by atoms with van der Waals surface area (Å²) in [5.74, 6) is 0.312. The average Bonchev–Trinajstić information content (AvgIpc) is 3.36. The molecule has 146 valence electrons. The van der Waals surface area contributed by atoms with Gasteiger partial charge in [-0.3, -0.25) is 4.79 Å². The molecule has 4 nitrogen and oxygen atoms in total. The van der Waals surface area contributed by atoms with Crippen LogP contribution in [-0.4, -0.2) is 15.8 Å². The van der Waals surface area contributed by atoms with E-state index in [9.17, 15) is 4.79 Å². The van der Waals surface area contributed by atoms with Gasteiger partial charge >= 0.3 is 0 Å². The lowest BCUT2D eigenvalue weighted by atomic mass is 10.0. The highest BCUT2D eigenvalue weighted by Crippen LogP contribution is 2.38. The Morgan fingerprint density at radius 1 is 0.900 bits per heavy atom. The smallest absolute Gasteiger partial charge is 0.179 e. The van der Waals surface area contributed by atoms with Crippen molar-refractivity contribution in [2.24, 2.45) is 0 Å². The predicted octanol–water partition coefficient (Wildman–Crippen LogP) is 4.99. The summed E-state index contributed by atoms with van der Waals surface area (Å²) in [6.07, 6.45) is 3.86. The summed E-state index contributed by atoms with van der Waals surface area (Å²) < 4.78 is 0. The third-order valence-electron chi connectivity index (χ3n) is 5.35. The third-order valence-corrected chi connectivity index (χ3v) is 5.35. The average molecular weight is 391 g/mol. The Bertz CT molecular complexity index is 1220. The van der Waals surface area contributed by atoms with Crippen LogP contribution in [0, 0.1) is 0 Å². The molecule has 0 amide bonds. The maximum atomic E-state index is 13.4. The third kappa shape index (κ3) is 3.44. The number of allylic oxidation sites excluding steroid dienone is 3. The van der Waals surface area contributed by atoms with Gasteiger partial charge in [-0.15, -0.1) is 0 Å². The molecule has 1 aliphatic rings. The first kappa shape index (κ1) is 18.1. The molecule has 5 rings (SSSR count). The van der Waals surface area contributed by atoms with Gasteiger partial charge < -0.3 is 10.3 Å². The number of Topliss-reactive ketones (excluding diaryl/α,β-unsaturated/α-hetero) is 1. The molecule has 0 spiro atoms. The second-order valence-electron chi connectivity index (χ2n) is 7.35. The molecule has 0 radical (unpaired) electrons. The first-order valence-electron chi connectivity index (χ1n) is 10.0. The van der Waals surface area contributed by atoms with Crippen LogP contribution in [0.1, 0.15) is 22.9 Å². The minimum atomic E-state index is -0.419. The Hall–Kier alpha value is -3.92. The zero-order valence-corrected chi connectivity index (χ0v) is 16.4. The number of imidazole rings is 1. The fourth-order valence-electron chi connectivity index (χ4n) is 3.84. The SMILES string of the molecule is O=C1/C(=C/NCc2ccccc2)C(c2ccccc2)=CC1c1nc2ccccc2[nH]1. The van der Waals surface area contributed by atoms with Gasteiger partial charge in [0.2, 0.25) is 0 Å². The largest absolute Gasteiger partial charge is 0.386 e. The van der Waals surface area contributed by atoms with E-state index in [0.29, 0.717) is 17.9 Å². The minimum absolute atomic E-state index is 0.0495. The Morgan fingerprint density at radius 2 is 1.60 bits per heavy atom. The molecule has 0 saturated heterocycles. The number of H-pyrrole nitrogens is 1. The van der Waals surface area contributed by atoms with E-state index in [2.05, 4.69) is 27.4 Å². The van der Waals surface area contributed by atoms with Gasteiger partial charge in [0, 0.05) is 18.3 Å². The van der Waals surface area contributed by atoms with Crippen molar-refractivity contribution >= 4 is 22.4 Å². The summed E-state index contributed by atoms with van der Waals surface area (Å²) in [6, 6.07) is 28.0. The molecule has 4 heteroatoms. The number of nitrogens with zero attached hydrogens (tertiary/aromatic N) is 1. The van der Waals surface area contributed by atoms with Crippen molar-refractivity contribution in [3.8, 4) is 0 Å². The number of carbonyl (C=O) groups excluding carboxylic acids is 1. The number of aromatic nitrogens is 2. The lowest BCUT2D eigenvalue weighted by molar-refractivity contribution is -0.115. The summed E-state index contributed by atoms with van der Waals surface area (Å²) in [7, 11) is 0. The van der Waals surface area contributed by atoms with Crippen LogP contribution in [0.3, 0.4) is 0 Å². The first-order chi connectivity index (χ1) is 14.8. The van der Waals surface area contributed by atoms with Gasteiger partial charge in [0.05, 0.1) is 17.0 Å². The van der Waals surface area contributed by atoms with Crippen molar-refractivity contribution in [2.75, 3.05) is 0 Å². The van der Waals surface area contributed by atoms with Crippen LogP contribution in [0.4, 0.5) is 0 Å². The molecule has 0 saturated carbocycles. The van der Waals surface area contributed by atoms with Crippen molar-refractivity contribution in [1.82, 2.24) is 15.3 Å². The zero-order chi connectivity index (χ0) is 20.3. The topological polar surface area (TPSA) is 57.8 Å². The van der Waals surface area contributed by atoms with E-state index in [-0.39, 0.29) is 5.78 Å². The van der Waals surface area contributed by atoms with Crippen LogP contribution in [-0.2, 0) is 11.3 Å². The van der Waals surface area contributed by atoms with Crippen LogP contribution in [0.5, 0.6) is 0 Å². The molecule has 4 aromatic rings. The highest BCUT2D eigenvalue weighted by Gasteiger charge is 2.34. The number of hydrogen-bond donors (Lipinski definition) is 2. The van der Waals surface area contributed by atoms with Crippen LogP contribution in [0.15, 0.2) is 103 Å².